The summed E-state index contributed by atoms with van der Waals surface area (Å²) >= 11 is 1.12. The second-order valence-corrected chi connectivity index (χ2v) is 6.75. The zero-order valence-electron chi connectivity index (χ0n) is 12.0. The predicted molar refractivity (Wildman–Crippen MR) is 78.3 cm³/mol. The number of hydrogen-bond acceptors (Lipinski definition) is 4. The molecule has 1 saturated carbocycles. The largest absolute Gasteiger partial charge is 0.480 e. The molecule has 1 aliphatic carbocycles. The van der Waals surface area contributed by atoms with E-state index in [4.69, 9.17) is 5.11 Å². The fraction of sp³-hybridized carbons (Fsp3) is 0.786. The van der Waals surface area contributed by atoms with Gasteiger partial charge < -0.3 is 10.4 Å². The van der Waals surface area contributed by atoms with Gasteiger partial charge in [-0.2, -0.15) is 5.26 Å². The van der Waals surface area contributed by atoms with E-state index in [1.165, 1.54) is 0 Å². The van der Waals surface area contributed by atoms with Gasteiger partial charge in [0.05, 0.1) is 11.8 Å². The Balaban J connectivity index is 2.50. The smallest absolute Gasteiger partial charge is 0.316 e. The molecule has 0 aromatic carbocycles. The Bertz CT molecular complexity index is 398. The lowest BCUT2D eigenvalue weighted by Crippen LogP contribution is -2.49. The molecule has 0 heterocycles. The zero-order chi connectivity index (χ0) is 15.2. The second-order valence-electron chi connectivity index (χ2n) is 5.62. The number of nitrogens with one attached hydrogen (secondary N) is 1. The first kappa shape index (κ1) is 16.8. The number of thioether (sulfide) groups is 1. The predicted octanol–water partition coefficient (Wildman–Crippen LogP) is 2.17. The molecule has 1 aliphatic rings. The fourth-order valence-electron chi connectivity index (χ4n) is 2.44. The Morgan fingerprint density at radius 3 is 2.40 bits per heavy atom. The molecular weight excluding hydrogens is 276 g/mol. The maximum atomic E-state index is 11.9. The van der Waals surface area contributed by atoms with Crippen LogP contribution in [0.15, 0.2) is 0 Å². The molecule has 0 saturated heterocycles. The van der Waals surface area contributed by atoms with Gasteiger partial charge in [0, 0.05) is 0 Å². The summed E-state index contributed by atoms with van der Waals surface area (Å²) in [4.78, 5) is 23.0. The second kappa shape index (κ2) is 7.53. The van der Waals surface area contributed by atoms with E-state index in [9.17, 15) is 14.9 Å². The van der Waals surface area contributed by atoms with E-state index in [0.717, 1.165) is 31.0 Å². The van der Waals surface area contributed by atoms with E-state index in [2.05, 4.69) is 11.4 Å². The summed E-state index contributed by atoms with van der Waals surface area (Å²) in [6.07, 6.45) is 4.37. The van der Waals surface area contributed by atoms with Crippen molar-refractivity contribution in [3.05, 3.63) is 0 Å². The lowest BCUT2D eigenvalue weighted by atomic mass is 9.83. The number of aliphatic carboxylic acids is 1. The van der Waals surface area contributed by atoms with Crippen LogP contribution in [-0.2, 0) is 9.59 Å². The van der Waals surface area contributed by atoms with Crippen LogP contribution in [0.3, 0.4) is 0 Å². The van der Waals surface area contributed by atoms with Crippen LogP contribution < -0.4 is 5.32 Å². The first-order valence-corrected chi connectivity index (χ1v) is 8.02. The van der Waals surface area contributed by atoms with E-state index in [1.807, 2.05) is 13.8 Å². The van der Waals surface area contributed by atoms with Crippen molar-refractivity contribution in [2.24, 2.45) is 5.92 Å². The minimum Gasteiger partial charge on any atom is -0.480 e. The van der Waals surface area contributed by atoms with E-state index < -0.39 is 16.8 Å². The maximum absolute atomic E-state index is 11.9. The van der Waals surface area contributed by atoms with Gasteiger partial charge in [-0.15, -0.1) is 11.8 Å². The van der Waals surface area contributed by atoms with Gasteiger partial charge in [0.15, 0.2) is 0 Å². The Labute approximate surface area is 124 Å². The van der Waals surface area contributed by atoms with E-state index in [1.54, 1.807) is 0 Å². The van der Waals surface area contributed by atoms with E-state index in [-0.39, 0.29) is 17.6 Å². The molecule has 6 heteroatoms. The molecule has 1 amide bonds. The number of nitrogens with zero attached hydrogens (tertiary/aromatic N) is 1. The third-order valence-corrected chi connectivity index (χ3v) is 5.08. The van der Waals surface area contributed by atoms with Gasteiger partial charge in [0.1, 0.15) is 10.8 Å². The number of carboxylic acids is 1. The summed E-state index contributed by atoms with van der Waals surface area (Å²) in [6.45, 7) is 3.64. The number of nitriles is 1. The lowest BCUT2D eigenvalue weighted by molar-refractivity contribution is -0.137. The molecular formula is C14H22N2O3S. The van der Waals surface area contributed by atoms with Gasteiger partial charge in [-0.05, 0) is 18.8 Å². The van der Waals surface area contributed by atoms with Gasteiger partial charge in [-0.3, -0.25) is 9.59 Å². The highest BCUT2D eigenvalue weighted by molar-refractivity contribution is 8.01. The topological polar surface area (TPSA) is 90.2 Å². The van der Waals surface area contributed by atoms with Crippen molar-refractivity contribution in [3.8, 4) is 6.07 Å². The monoisotopic (exact) mass is 298 g/mol. The van der Waals surface area contributed by atoms with Crippen molar-refractivity contribution in [1.29, 1.82) is 5.26 Å². The fourth-order valence-corrected chi connectivity index (χ4v) is 3.37. The van der Waals surface area contributed by atoms with Crippen LogP contribution in [0.4, 0.5) is 0 Å². The summed E-state index contributed by atoms with van der Waals surface area (Å²) < 4.78 is 0. The van der Waals surface area contributed by atoms with Crippen molar-refractivity contribution in [3.63, 3.8) is 0 Å². The average Bonchev–Trinajstić information content (AvgIpc) is 2.39. The van der Waals surface area contributed by atoms with E-state index in [0.29, 0.717) is 12.8 Å². The van der Waals surface area contributed by atoms with Gasteiger partial charge in [0.2, 0.25) is 5.91 Å². The molecule has 5 nitrogen and oxygen atoms in total. The SMILES string of the molecule is CC(C)C(SCC(=O)NC1(C#N)CCCCC1)C(=O)O. The van der Waals surface area contributed by atoms with Gasteiger partial charge in [-0.1, -0.05) is 33.1 Å². The summed E-state index contributed by atoms with van der Waals surface area (Å²) in [5, 5.41) is 20.6. The Kier molecular flexibility index (Phi) is 6.34. The summed E-state index contributed by atoms with van der Waals surface area (Å²) in [5.74, 6) is -1.10. The van der Waals surface area contributed by atoms with Crippen LogP contribution in [0.25, 0.3) is 0 Å². The Morgan fingerprint density at radius 1 is 1.35 bits per heavy atom. The first-order valence-electron chi connectivity index (χ1n) is 6.97. The molecule has 0 aliphatic heterocycles. The number of amides is 1. The minimum atomic E-state index is -0.898. The molecule has 1 unspecified atom stereocenters. The molecule has 1 fully saturated rings. The number of carbonyl (C=O) groups is 2. The molecule has 2 N–H and O–H groups in total. The first-order chi connectivity index (χ1) is 9.40. The Morgan fingerprint density at radius 2 is 1.95 bits per heavy atom. The lowest BCUT2D eigenvalue weighted by Gasteiger charge is -2.31. The average molecular weight is 298 g/mol. The van der Waals surface area contributed by atoms with Crippen LogP contribution >= 0.6 is 11.8 Å². The van der Waals surface area contributed by atoms with Crippen LogP contribution in [0.1, 0.15) is 46.0 Å². The van der Waals surface area contributed by atoms with Crippen LogP contribution in [0.2, 0.25) is 0 Å². The summed E-state index contributed by atoms with van der Waals surface area (Å²) in [5.41, 5.74) is -0.744. The normalized spacial score (nSPS) is 19.1. The zero-order valence-corrected chi connectivity index (χ0v) is 12.8. The molecule has 20 heavy (non-hydrogen) atoms. The highest BCUT2D eigenvalue weighted by Gasteiger charge is 2.34. The van der Waals surface area contributed by atoms with Crippen molar-refractivity contribution in [1.82, 2.24) is 5.32 Å². The number of carboxylic acid groups (broad SMARTS) is 1. The van der Waals surface area contributed by atoms with Gasteiger partial charge in [0.25, 0.3) is 0 Å². The Hall–Kier alpha value is -1.22. The maximum Gasteiger partial charge on any atom is 0.316 e. The molecule has 0 aromatic rings. The third-order valence-electron chi connectivity index (χ3n) is 3.54. The molecule has 1 atom stereocenters. The summed E-state index contributed by atoms with van der Waals surface area (Å²) in [6, 6.07) is 2.22. The molecule has 0 spiro atoms. The quantitative estimate of drug-likeness (QED) is 0.784. The van der Waals surface area contributed by atoms with E-state index >= 15 is 0 Å². The molecule has 0 aromatic heterocycles. The number of hydrogen-bond donors (Lipinski definition) is 2. The van der Waals surface area contributed by atoms with Crippen molar-refractivity contribution >= 4 is 23.6 Å². The molecule has 0 bridgehead atoms. The third kappa shape index (κ3) is 4.71. The van der Waals surface area contributed by atoms with Crippen molar-refractivity contribution < 1.29 is 14.7 Å². The molecule has 1 rings (SSSR count). The highest BCUT2D eigenvalue weighted by Crippen LogP contribution is 2.28. The van der Waals surface area contributed by atoms with Crippen LogP contribution in [0.5, 0.6) is 0 Å². The van der Waals surface area contributed by atoms with Crippen LogP contribution in [-0.4, -0.2) is 33.5 Å². The molecule has 0 radical (unpaired) electrons. The standard InChI is InChI=1S/C14H22N2O3S/c1-10(2)12(13(18)19)20-8-11(17)16-14(9-15)6-4-3-5-7-14/h10,12H,3-8H2,1-2H3,(H,16,17)(H,18,19). The van der Waals surface area contributed by atoms with Crippen LogP contribution in [0, 0.1) is 17.2 Å². The van der Waals surface area contributed by atoms with Gasteiger partial charge >= 0.3 is 5.97 Å². The minimum absolute atomic E-state index is 0.0371. The number of rotatable bonds is 6. The summed E-state index contributed by atoms with van der Waals surface area (Å²) in [7, 11) is 0. The van der Waals surface area contributed by atoms with Crippen molar-refractivity contribution in [2.45, 2.75) is 56.7 Å². The number of carbonyl (C=O) groups excluding carboxylic acids is 1. The van der Waals surface area contributed by atoms with Gasteiger partial charge in [-0.25, -0.2) is 0 Å². The molecule has 112 valence electrons. The highest BCUT2D eigenvalue weighted by atomic mass is 32.2. The van der Waals surface area contributed by atoms with Crippen molar-refractivity contribution in [2.75, 3.05) is 5.75 Å².